The third kappa shape index (κ3) is 4.34. The van der Waals surface area contributed by atoms with Crippen molar-refractivity contribution in [3.05, 3.63) is 65.2 Å². The quantitative estimate of drug-likeness (QED) is 0.339. The van der Waals surface area contributed by atoms with Gasteiger partial charge in [-0.15, -0.1) is 0 Å². The number of aromatic amines is 1. The SMILES string of the molecule is Cc1nc2c(c(C)nn2C(C)(C)C)c(C)c1CCC(=O)Nc1ccc2nc(-c3cccnc3)[nH]c2c1. The highest BCUT2D eigenvalue weighted by Crippen LogP contribution is 2.30. The Bertz CT molecular complexity index is 1590. The standard InChI is InChI=1S/C28H31N7O/c1-16-21(17(2)30-27-25(16)18(3)34-35(27)28(4,5)6)10-12-24(36)31-20-9-11-22-23(14-20)33-26(32-22)19-8-7-13-29-15-19/h7-9,11,13-15H,10,12H2,1-6H3,(H,31,36)(H,32,33). The van der Waals surface area contributed by atoms with Crippen molar-refractivity contribution in [3.63, 3.8) is 0 Å². The molecule has 5 rings (SSSR count). The van der Waals surface area contributed by atoms with Gasteiger partial charge in [-0.1, -0.05) is 0 Å². The van der Waals surface area contributed by atoms with Gasteiger partial charge in [-0.2, -0.15) is 5.10 Å². The van der Waals surface area contributed by atoms with Crippen molar-refractivity contribution in [2.45, 2.75) is 59.9 Å². The predicted molar refractivity (Wildman–Crippen MR) is 143 cm³/mol. The van der Waals surface area contributed by atoms with Crippen molar-refractivity contribution < 1.29 is 4.79 Å². The highest BCUT2D eigenvalue weighted by molar-refractivity contribution is 5.94. The number of nitrogens with zero attached hydrogens (tertiary/aromatic N) is 5. The van der Waals surface area contributed by atoms with E-state index in [1.807, 2.05) is 48.9 Å². The summed E-state index contributed by atoms with van der Waals surface area (Å²) in [6.45, 7) is 12.5. The molecule has 0 spiro atoms. The molecule has 0 saturated carbocycles. The number of hydrogen-bond acceptors (Lipinski definition) is 5. The molecule has 1 aromatic carbocycles. The average Bonchev–Trinajstić information content (AvgIpc) is 3.40. The number of pyridine rings is 2. The zero-order valence-corrected chi connectivity index (χ0v) is 21.6. The number of aromatic nitrogens is 6. The number of carbonyl (C=O) groups excluding carboxylic acids is 1. The van der Waals surface area contributed by atoms with Crippen molar-refractivity contribution in [2.75, 3.05) is 5.32 Å². The molecule has 0 aliphatic heterocycles. The molecule has 0 aliphatic carbocycles. The Balaban J connectivity index is 1.33. The van der Waals surface area contributed by atoms with Gasteiger partial charge >= 0.3 is 0 Å². The number of imidazole rings is 1. The normalized spacial score (nSPS) is 11.9. The molecule has 0 bridgehead atoms. The number of carbonyl (C=O) groups is 1. The third-order valence-corrected chi connectivity index (χ3v) is 6.51. The molecule has 184 valence electrons. The lowest BCUT2D eigenvalue weighted by Gasteiger charge is -2.20. The lowest BCUT2D eigenvalue weighted by Crippen LogP contribution is -2.23. The molecular formula is C28H31N7O. The van der Waals surface area contributed by atoms with E-state index in [0.29, 0.717) is 12.8 Å². The van der Waals surface area contributed by atoms with Crippen LogP contribution in [-0.2, 0) is 16.8 Å². The zero-order chi connectivity index (χ0) is 25.6. The first-order valence-electron chi connectivity index (χ1n) is 12.2. The lowest BCUT2D eigenvalue weighted by atomic mass is 9.99. The molecule has 36 heavy (non-hydrogen) atoms. The molecule has 8 nitrogen and oxygen atoms in total. The number of aryl methyl sites for hydroxylation is 3. The van der Waals surface area contributed by atoms with Crippen LogP contribution in [0.2, 0.25) is 0 Å². The molecule has 4 aromatic heterocycles. The average molecular weight is 482 g/mol. The van der Waals surface area contributed by atoms with Gasteiger partial charge in [0.2, 0.25) is 5.91 Å². The summed E-state index contributed by atoms with van der Waals surface area (Å²) in [6.07, 6.45) is 4.48. The number of benzene rings is 1. The molecule has 0 saturated heterocycles. The molecule has 5 aromatic rings. The van der Waals surface area contributed by atoms with Crippen LogP contribution in [0.3, 0.4) is 0 Å². The number of hydrogen-bond donors (Lipinski definition) is 2. The Labute approximate surface area is 210 Å². The summed E-state index contributed by atoms with van der Waals surface area (Å²) in [5.41, 5.74) is 8.27. The highest BCUT2D eigenvalue weighted by Gasteiger charge is 2.23. The van der Waals surface area contributed by atoms with Gasteiger partial charge in [0.15, 0.2) is 5.65 Å². The first kappa shape index (κ1) is 23.7. The van der Waals surface area contributed by atoms with Crippen molar-refractivity contribution in [3.8, 4) is 11.4 Å². The van der Waals surface area contributed by atoms with Crippen LogP contribution in [0.1, 0.15) is 49.7 Å². The van der Waals surface area contributed by atoms with Gasteiger partial charge in [-0.3, -0.25) is 9.78 Å². The first-order chi connectivity index (χ1) is 17.1. The second-order valence-corrected chi connectivity index (χ2v) is 10.3. The van der Waals surface area contributed by atoms with E-state index in [2.05, 4.69) is 48.0 Å². The van der Waals surface area contributed by atoms with Crippen LogP contribution in [0.25, 0.3) is 33.5 Å². The molecule has 4 heterocycles. The monoisotopic (exact) mass is 481 g/mol. The van der Waals surface area contributed by atoms with E-state index in [0.717, 1.165) is 61.7 Å². The van der Waals surface area contributed by atoms with Crippen LogP contribution in [0.5, 0.6) is 0 Å². The van der Waals surface area contributed by atoms with Crippen molar-refractivity contribution in [1.82, 2.24) is 29.7 Å². The molecule has 0 atom stereocenters. The number of amides is 1. The van der Waals surface area contributed by atoms with Crippen LogP contribution in [0.4, 0.5) is 5.69 Å². The number of rotatable bonds is 5. The summed E-state index contributed by atoms with van der Waals surface area (Å²) < 4.78 is 2.00. The van der Waals surface area contributed by atoms with Crippen LogP contribution in [0.15, 0.2) is 42.7 Å². The van der Waals surface area contributed by atoms with Gasteiger partial charge in [0, 0.05) is 41.1 Å². The minimum atomic E-state index is -0.158. The first-order valence-corrected chi connectivity index (χ1v) is 12.2. The molecular weight excluding hydrogens is 450 g/mol. The summed E-state index contributed by atoms with van der Waals surface area (Å²) in [4.78, 5) is 29.8. The lowest BCUT2D eigenvalue weighted by molar-refractivity contribution is -0.116. The van der Waals surface area contributed by atoms with Gasteiger partial charge < -0.3 is 10.3 Å². The summed E-state index contributed by atoms with van der Waals surface area (Å²) in [5, 5.41) is 8.88. The zero-order valence-electron chi connectivity index (χ0n) is 21.6. The van der Waals surface area contributed by atoms with Crippen LogP contribution in [-0.4, -0.2) is 35.6 Å². The van der Waals surface area contributed by atoms with E-state index < -0.39 is 0 Å². The Hall–Kier alpha value is -4.07. The fraction of sp³-hybridized carbons (Fsp3) is 0.321. The van der Waals surface area contributed by atoms with Crippen molar-refractivity contribution >= 4 is 33.7 Å². The van der Waals surface area contributed by atoms with Crippen molar-refractivity contribution in [1.29, 1.82) is 0 Å². The Kier molecular flexibility index (Phi) is 5.82. The molecule has 0 radical (unpaired) electrons. The number of nitrogens with one attached hydrogen (secondary N) is 2. The summed E-state index contributed by atoms with van der Waals surface area (Å²) >= 11 is 0. The highest BCUT2D eigenvalue weighted by atomic mass is 16.1. The van der Waals surface area contributed by atoms with Gasteiger partial charge in [-0.25, -0.2) is 14.6 Å². The third-order valence-electron chi connectivity index (χ3n) is 6.51. The van der Waals surface area contributed by atoms with E-state index in [9.17, 15) is 4.79 Å². The fourth-order valence-corrected chi connectivity index (χ4v) is 4.73. The summed E-state index contributed by atoms with van der Waals surface area (Å²) in [6, 6.07) is 9.53. The van der Waals surface area contributed by atoms with Crippen molar-refractivity contribution in [2.24, 2.45) is 0 Å². The minimum Gasteiger partial charge on any atom is -0.338 e. The molecule has 0 aliphatic rings. The van der Waals surface area contributed by atoms with Gasteiger partial charge in [0.25, 0.3) is 0 Å². The maximum atomic E-state index is 12.9. The smallest absolute Gasteiger partial charge is 0.224 e. The minimum absolute atomic E-state index is 0.0395. The van der Waals surface area contributed by atoms with Crippen LogP contribution >= 0.6 is 0 Å². The Morgan fingerprint density at radius 3 is 2.61 bits per heavy atom. The second kappa shape index (κ2) is 8.86. The topological polar surface area (TPSA) is 101 Å². The summed E-state index contributed by atoms with van der Waals surface area (Å²) in [7, 11) is 0. The maximum absolute atomic E-state index is 12.9. The van der Waals surface area contributed by atoms with Gasteiger partial charge in [0.05, 0.1) is 22.3 Å². The Morgan fingerprint density at radius 2 is 1.89 bits per heavy atom. The number of fused-ring (bicyclic) bond motifs is 2. The van der Waals surface area contributed by atoms with E-state index in [-0.39, 0.29) is 11.4 Å². The number of anilines is 1. The fourth-order valence-electron chi connectivity index (χ4n) is 4.73. The largest absolute Gasteiger partial charge is 0.338 e. The Morgan fingerprint density at radius 1 is 1.08 bits per heavy atom. The molecule has 8 heteroatoms. The maximum Gasteiger partial charge on any atom is 0.224 e. The van der Waals surface area contributed by atoms with Crippen LogP contribution in [0, 0.1) is 20.8 Å². The van der Waals surface area contributed by atoms with Gasteiger partial charge in [0.1, 0.15) is 5.82 Å². The number of H-pyrrole nitrogens is 1. The van der Waals surface area contributed by atoms with Crippen LogP contribution < -0.4 is 5.32 Å². The molecule has 0 fully saturated rings. The molecule has 2 N–H and O–H groups in total. The molecule has 1 amide bonds. The van der Waals surface area contributed by atoms with E-state index in [1.165, 1.54) is 0 Å². The van der Waals surface area contributed by atoms with E-state index in [4.69, 9.17) is 10.1 Å². The van der Waals surface area contributed by atoms with Gasteiger partial charge in [-0.05, 0) is 89.4 Å². The second-order valence-electron chi connectivity index (χ2n) is 10.3. The molecule has 0 unspecified atom stereocenters. The summed E-state index contributed by atoms with van der Waals surface area (Å²) in [5.74, 6) is 0.711. The predicted octanol–water partition coefficient (Wildman–Crippen LogP) is 5.62. The van der Waals surface area contributed by atoms with E-state index >= 15 is 0 Å². The van der Waals surface area contributed by atoms with E-state index in [1.54, 1.807) is 12.4 Å².